The quantitative estimate of drug-likeness (QED) is 0.692. The van der Waals surface area contributed by atoms with Gasteiger partial charge in [0.25, 0.3) is 5.91 Å². The molecule has 1 amide bonds. The molecule has 2 aromatic heterocycles. The Bertz CT molecular complexity index is 966. The summed E-state index contributed by atoms with van der Waals surface area (Å²) in [5.41, 5.74) is 0.582. The zero-order valence-corrected chi connectivity index (χ0v) is 12.1. The van der Waals surface area contributed by atoms with Gasteiger partial charge in [0.2, 0.25) is 5.76 Å². The van der Waals surface area contributed by atoms with Crippen molar-refractivity contribution in [2.24, 2.45) is 0 Å². The number of benzene rings is 1. The molecule has 1 aliphatic rings. The number of hydrogen-bond donors (Lipinski definition) is 0. The van der Waals surface area contributed by atoms with Crippen LogP contribution in [-0.4, -0.2) is 17.9 Å². The maximum Gasteiger partial charge on any atom is 0.290 e. The Hall–Kier alpha value is -2.82. The highest BCUT2D eigenvalue weighted by molar-refractivity contribution is 5.98. The lowest BCUT2D eigenvalue weighted by Gasteiger charge is -2.17. The molecule has 1 aliphatic heterocycles. The number of aryl methyl sites for hydroxylation is 1. The van der Waals surface area contributed by atoms with Gasteiger partial charge in [0, 0.05) is 7.05 Å². The number of amides is 1. The number of para-hydroxylation sites is 1. The summed E-state index contributed by atoms with van der Waals surface area (Å²) < 4.78 is 11.3. The van der Waals surface area contributed by atoms with E-state index in [2.05, 4.69) is 0 Å². The van der Waals surface area contributed by atoms with Crippen molar-refractivity contribution < 1.29 is 13.6 Å². The average Bonchev–Trinajstić information content (AvgIpc) is 3.04. The van der Waals surface area contributed by atoms with E-state index < -0.39 is 6.04 Å². The highest BCUT2D eigenvalue weighted by atomic mass is 16.4. The van der Waals surface area contributed by atoms with Crippen molar-refractivity contribution >= 4 is 16.9 Å². The zero-order valence-electron chi connectivity index (χ0n) is 12.1. The molecule has 0 fully saturated rings. The molecule has 5 nitrogen and oxygen atoms in total. The Balaban J connectivity index is 2.06. The highest BCUT2D eigenvalue weighted by Crippen LogP contribution is 2.37. The normalized spacial score (nSPS) is 17.3. The summed E-state index contributed by atoms with van der Waals surface area (Å²) in [4.78, 5) is 26.7. The van der Waals surface area contributed by atoms with Gasteiger partial charge in [-0.3, -0.25) is 9.59 Å². The minimum Gasteiger partial charge on any atom is -0.464 e. The monoisotopic (exact) mass is 295 g/mol. The van der Waals surface area contributed by atoms with Gasteiger partial charge in [0.1, 0.15) is 23.1 Å². The van der Waals surface area contributed by atoms with Crippen LogP contribution in [0, 0.1) is 6.92 Å². The third-order valence-corrected chi connectivity index (χ3v) is 4.04. The first-order valence-electron chi connectivity index (χ1n) is 6.97. The van der Waals surface area contributed by atoms with Gasteiger partial charge in [-0.25, -0.2) is 0 Å². The molecule has 0 unspecified atom stereocenters. The molecule has 0 radical (unpaired) electrons. The molecule has 0 N–H and O–H groups in total. The first kappa shape index (κ1) is 12.9. The molecule has 0 spiro atoms. The zero-order chi connectivity index (χ0) is 15.4. The van der Waals surface area contributed by atoms with Crippen LogP contribution < -0.4 is 5.43 Å². The first-order valence-corrected chi connectivity index (χ1v) is 6.97. The Kier molecular flexibility index (Phi) is 2.54. The van der Waals surface area contributed by atoms with Crippen LogP contribution >= 0.6 is 0 Å². The van der Waals surface area contributed by atoms with Crippen LogP contribution in [0.1, 0.15) is 33.7 Å². The van der Waals surface area contributed by atoms with Crippen LogP contribution in [-0.2, 0) is 0 Å². The highest BCUT2D eigenvalue weighted by Gasteiger charge is 2.42. The van der Waals surface area contributed by atoms with Gasteiger partial charge in [-0.2, -0.15) is 0 Å². The second-order valence-electron chi connectivity index (χ2n) is 5.44. The van der Waals surface area contributed by atoms with Gasteiger partial charge in [0.15, 0.2) is 5.43 Å². The SMILES string of the molecule is Cc1ccc([C@@H]2c3c(oc4ccccc4c3=O)C(=O)N2C)o1. The van der Waals surface area contributed by atoms with Crippen molar-refractivity contribution in [3.05, 3.63) is 69.5 Å². The molecule has 1 atom stereocenters. The van der Waals surface area contributed by atoms with Crippen molar-refractivity contribution in [3.63, 3.8) is 0 Å². The lowest BCUT2D eigenvalue weighted by Crippen LogP contribution is -2.24. The molecule has 0 saturated carbocycles. The van der Waals surface area contributed by atoms with Gasteiger partial charge in [-0.1, -0.05) is 12.1 Å². The number of rotatable bonds is 1. The third kappa shape index (κ3) is 1.59. The van der Waals surface area contributed by atoms with E-state index in [0.29, 0.717) is 22.3 Å². The largest absolute Gasteiger partial charge is 0.464 e. The Labute approximate surface area is 125 Å². The summed E-state index contributed by atoms with van der Waals surface area (Å²) in [6, 6.07) is 9.99. The van der Waals surface area contributed by atoms with E-state index in [4.69, 9.17) is 8.83 Å². The summed E-state index contributed by atoms with van der Waals surface area (Å²) >= 11 is 0. The Morgan fingerprint density at radius 1 is 1.05 bits per heavy atom. The fourth-order valence-electron chi connectivity index (χ4n) is 2.97. The molecule has 1 aromatic carbocycles. The predicted octanol–water partition coefficient (Wildman–Crippen LogP) is 2.87. The van der Waals surface area contributed by atoms with Crippen LogP contribution in [0.4, 0.5) is 0 Å². The summed E-state index contributed by atoms with van der Waals surface area (Å²) in [5, 5.41) is 0.470. The van der Waals surface area contributed by atoms with Gasteiger partial charge < -0.3 is 13.7 Å². The van der Waals surface area contributed by atoms with Crippen molar-refractivity contribution in [2.75, 3.05) is 7.05 Å². The second kappa shape index (κ2) is 4.34. The average molecular weight is 295 g/mol. The minimum absolute atomic E-state index is 0.102. The smallest absolute Gasteiger partial charge is 0.290 e. The molecule has 110 valence electrons. The summed E-state index contributed by atoms with van der Waals surface area (Å²) in [6.45, 7) is 1.82. The van der Waals surface area contributed by atoms with Crippen LogP contribution in [0.5, 0.6) is 0 Å². The van der Waals surface area contributed by atoms with Gasteiger partial charge in [-0.15, -0.1) is 0 Å². The molecule has 22 heavy (non-hydrogen) atoms. The molecule has 3 aromatic rings. The van der Waals surface area contributed by atoms with Gasteiger partial charge >= 0.3 is 0 Å². The molecule has 5 heteroatoms. The molecule has 4 rings (SSSR count). The molecule has 0 saturated heterocycles. The van der Waals surface area contributed by atoms with E-state index >= 15 is 0 Å². The van der Waals surface area contributed by atoms with Crippen molar-refractivity contribution in [1.82, 2.24) is 4.90 Å². The molecule has 0 bridgehead atoms. The summed E-state index contributed by atoms with van der Waals surface area (Å²) in [5.74, 6) is 1.09. The van der Waals surface area contributed by atoms with Crippen molar-refractivity contribution in [1.29, 1.82) is 0 Å². The van der Waals surface area contributed by atoms with E-state index in [1.165, 1.54) is 4.90 Å². The second-order valence-corrected chi connectivity index (χ2v) is 5.44. The van der Waals surface area contributed by atoms with Crippen LogP contribution in [0.25, 0.3) is 11.0 Å². The standard InChI is InChI=1S/C17H13NO4/c1-9-7-8-12(21-9)14-13-15(19)10-5-3-4-6-11(10)22-16(13)17(20)18(14)2/h3-8,14H,1-2H3/t14-/m1/s1. The molecule has 0 aliphatic carbocycles. The number of carbonyl (C=O) groups is 1. The number of nitrogens with zero attached hydrogens (tertiary/aromatic N) is 1. The summed E-state index contributed by atoms with van der Waals surface area (Å²) in [7, 11) is 1.64. The lowest BCUT2D eigenvalue weighted by molar-refractivity contribution is 0.0760. The first-order chi connectivity index (χ1) is 10.6. The van der Waals surface area contributed by atoms with E-state index in [9.17, 15) is 9.59 Å². The maximum atomic E-state index is 12.8. The number of carbonyl (C=O) groups excluding carboxylic acids is 1. The topological polar surface area (TPSA) is 63.7 Å². The van der Waals surface area contributed by atoms with E-state index in [1.54, 1.807) is 37.4 Å². The number of fused-ring (bicyclic) bond motifs is 2. The molecular formula is C17H13NO4. The van der Waals surface area contributed by atoms with Crippen molar-refractivity contribution in [3.8, 4) is 0 Å². The van der Waals surface area contributed by atoms with Crippen LogP contribution in [0.15, 0.2) is 50.0 Å². The van der Waals surface area contributed by atoms with E-state index in [1.807, 2.05) is 13.0 Å². The fourth-order valence-corrected chi connectivity index (χ4v) is 2.97. The van der Waals surface area contributed by atoms with Crippen molar-refractivity contribution in [2.45, 2.75) is 13.0 Å². The maximum absolute atomic E-state index is 12.8. The summed E-state index contributed by atoms with van der Waals surface area (Å²) in [6.07, 6.45) is 0. The van der Waals surface area contributed by atoms with E-state index in [0.717, 1.165) is 5.76 Å². The van der Waals surface area contributed by atoms with Gasteiger partial charge in [0.05, 0.1) is 10.9 Å². The molecular weight excluding hydrogens is 282 g/mol. The third-order valence-electron chi connectivity index (χ3n) is 4.04. The number of hydrogen-bond acceptors (Lipinski definition) is 4. The number of furan rings is 1. The van der Waals surface area contributed by atoms with Crippen LogP contribution in [0.3, 0.4) is 0 Å². The minimum atomic E-state index is -0.544. The lowest BCUT2D eigenvalue weighted by atomic mass is 10.0. The molecule has 3 heterocycles. The predicted molar refractivity (Wildman–Crippen MR) is 79.9 cm³/mol. The fraction of sp³-hybridized carbons (Fsp3) is 0.176. The van der Waals surface area contributed by atoms with E-state index in [-0.39, 0.29) is 17.1 Å². The Morgan fingerprint density at radius 2 is 1.82 bits per heavy atom. The van der Waals surface area contributed by atoms with Crippen LogP contribution in [0.2, 0.25) is 0 Å². The van der Waals surface area contributed by atoms with Gasteiger partial charge in [-0.05, 0) is 31.2 Å². The Morgan fingerprint density at radius 3 is 2.55 bits per heavy atom.